The van der Waals surface area contributed by atoms with E-state index in [4.69, 9.17) is 0 Å². The van der Waals surface area contributed by atoms with Crippen LogP contribution in [0, 0.1) is 12.8 Å². The summed E-state index contributed by atoms with van der Waals surface area (Å²) in [6, 6.07) is 12.0. The van der Waals surface area contributed by atoms with Gasteiger partial charge in [0.2, 0.25) is 5.91 Å². The third-order valence-electron chi connectivity index (χ3n) is 4.24. The highest BCUT2D eigenvalue weighted by molar-refractivity contribution is 5.80. The molecule has 24 heavy (non-hydrogen) atoms. The van der Waals surface area contributed by atoms with Gasteiger partial charge in [-0.15, -0.1) is 0 Å². The molecule has 6 nitrogen and oxygen atoms in total. The van der Waals surface area contributed by atoms with Gasteiger partial charge in [-0.1, -0.05) is 30.3 Å². The number of nitrogens with one attached hydrogen (secondary N) is 4. The molecule has 1 aromatic heterocycles. The number of pyridine rings is 1. The van der Waals surface area contributed by atoms with Crippen molar-refractivity contribution in [3.63, 3.8) is 0 Å². The fraction of sp³-hybridized carbons (Fsp3) is 0.333. The summed E-state index contributed by atoms with van der Waals surface area (Å²) in [6.45, 7) is 3.90. The molecule has 0 spiro atoms. The maximum atomic E-state index is 12.5. The maximum absolute atomic E-state index is 12.5. The Labute approximate surface area is 142 Å². The molecule has 0 bridgehead atoms. The Bertz CT molecular complexity index is 676. The molecule has 2 aromatic rings. The van der Waals surface area contributed by atoms with Crippen LogP contribution in [0.2, 0.25) is 0 Å². The maximum Gasteiger partial charge on any atom is 0.226 e. The van der Waals surface area contributed by atoms with Crippen molar-refractivity contribution in [3.05, 3.63) is 59.9 Å². The first-order valence-electron chi connectivity index (χ1n) is 8.21. The highest BCUT2D eigenvalue weighted by atomic mass is 16.2. The zero-order valence-electron chi connectivity index (χ0n) is 13.8. The fourth-order valence-electron chi connectivity index (χ4n) is 2.90. The molecule has 3 rings (SSSR count). The lowest BCUT2D eigenvalue weighted by atomic mass is 9.94. The number of hydrogen-bond acceptors (Lipinski definition) is 5. The van der Waals surface area contributed by atoms with Gasteiger partial charge in [-0.05, 0) is 24.1 Å². The summed E-state index contributed by atoms with van der Waals surface area (Å²) >= 11 is 0. The molecule has 6 heteroatoms. The number of benzene rings is 1. The molecule has 1 fully saturated rings. The zero-order valence-corrected chi connectivity index (χ0v) is 13.8. The quantitative estimate of drug-likeness (QED) is 0.604. The Balaban J connectivity index is 1.49. The molecular weight excluding hydrogens is 302 g/mol. The number of anilines is 1. The summed E-state index contributed by atoms with van der Waals surface area (Å²) in [6.07, 6.45) is 3.58. The molecule has 1 aliphatic heterocycles. The summed E-state index contributed by atoms with van der Waals surface area (Å²) in [5, 5.41) is 6.33. The highest BCUT2D eigenvalue weighted by Crippen LogP contribution is 2.24. The summed E-state index contributed by atoms with van der Waals surface area (Å²) in [7, 11) is 0. The first-order valence-corrected chi connectivity index (χ1v) is 8.21. The minimum absolute atomic E-state index is 0.00148. The largest absolute Gasteiger partial charge is 0.383 e. The van der Waals surface area contributed by atoms with E-state index >= 15 is 0 Å². The second kappa shape index (κ2) is 7.90. The molecule has 1 saturated heterocycles. The van der Waals surface area contributed by atoms with E-state index in [1.54, 1.807) is 6.20 Å². The molecule has 2 unspecified atom stereocenters. The number of hydrazine groups is 1. The van der Waals surface area contributed by atoms with Gasteiger partial charge in [0.05, 0.1) is 12.0 Å². The standard InChI is InChI=1S/C18H23N5O/c1-13-11-19-8-7-16(13)20-9-10-21-18(24)15-12-22-23-17(15)14-5-3-2-4-6-14/h2-8,11,15,17,22-23H,9-10,12H2,1H3,(H,19,20)(H,21,24). The van der Waals surface area contributed by atoms with Gasteiger partial charge in [-0.3, -0.25) is 15.2 Å². The van der Waals surface area contributed by atoms with Crippen LogP contribution in [-0.4, -0.2) is 30.5 Å². The normalized spacial score (nSPS) is 19.9. The molecule has 0 radical (unpaired) electrons. The average Bonchev–Trinajstić information content (AvgIpc) is 3.10. The van der Waals surface area contributed by atoms with Crippen molar-refractivity contribution in [2.24, 2.45) is 5.92 Å². The number of carbonyl (C=O) groups is 1. The van der Waals surface area contributed by atoms with Crippen molar-refractivity contribution in [2.75, 3.05) is 25.0 Å². The lowest BCUT2D eigenvalue weighted by Crippen LogP contribution is -2.37. The van der Waals surface area contributed by atoms with Crippen molar-refractivity contribution in [2.45, 2.75) is 13.0 Å². The van der Waals surface area contributed by atoms with E-state index in [-0.39, 0.29) is 17.9 Å². The predicted octanol–water partition coefficient (Wildman–Crippen LogP) is 1.38. The SMILES string of the molecule is Cc1cnccc1NCCNC(=O)C1CNNC1c1ccccc1. The summed E-state index contributed by atoms with van der Waals surface area (Å²) in [4.78, 5) is 16.5. The van der Waals surface area contributed by atoms with Crippen LogP contribution in [0.3, 0.4) is 0 Å². The second-order valence-electron chi connectivity index (χ2n) is 5.93. The smallest absolute Gasteiger partial charge is 0.226 e. The molecular formula is C18H23N5O. The molecule has 1 amide bonds. The highest BCUT2D eigenvalue weighted by Gasteiger charge is 2.33. The first-order chi connectivity index (χ1) is 11.8. The van der Waals surface area contributed by atoms with E-state index in [1.165, 1.54) is 0 Å². The summed E-state index contributed by atoms with van der Waals surface area (Å²) in [5.74, 6) is -0.0512. The Kier molecular flexibility index (Phi) is 5.40. The van der Waals surface area contributed by atoms with Gasteiger partial charge < -0.3 is 10.6 Å². The number of nitrogens with zero attached hydrogens (tertiary/aromatic N) is 1. The summed E-state index contributed by atoms with van der Waals surface area (Å²) < 4.78 is 0. The van der Waals surface area contributed by atoms with E-state index in [0.29, 0.717) is 19.6 Å². The molecule has 126 valence electrons. The number of hydrogen-bond donors (Lipinski definition) is 4. The zero-order chi connectivity index (χ0) is 16.8. The number of carbonyl (C=O) groups excluding carboxylic acids is 1. The lowest BCUT2D eigenvalue weighted by Gasteiger charge is -2.18. The van der Waals surface area contributed by atoms with Crippen LogP contribution in [0.15, 0.2) is 48.8 Å². The predicted molar refractivity (Wildman–Crippen MR) is 94.3 cm³/mol. The van der Waals surface area contributed by atoms with E-state index in [1.807, 2.05) is 49.5 Å². The molecule has 2 atom stereocenters. The third-order valence-corrected chi connectivity index (χ3v) is 4.24. The van der Waals surface area contributed by atoms with Gasteiger partial charge in [0.1, 0.15) is 0 Å². The Hall–Kier alpha value is -2.44. The number of aromatic nitrogens is 1. The van der Waals surface area contributed by atoms with E-state index in [0.717, 1.165) is 16.8 Å². The van der Waals surface area contributed by atoms with E-state index in [9.17, 15) is 4.79 Å². The van der Waals surface area contributed by atoms with Crippen molar-refractivity contribution < 1.29 is 4.79 Å². The summed E-state index contributed by atoms with van der Waals surface area (Å²) in [5.41, 5.74) is 9.55. The van der Waals surface area contributed by atoms with Gasteiger partial charge in [0, 0.05) is 37.7 Å². The topological polar surface area (TPSA) is 78.1 Å². The minimum atomic E-state index is -0.116. The molecule has 1 aliphatic rings. The van der Waals surface area contributed by atoms with Gasteiger partial charge in [-0.2, -0.15) is 0 Å². The van der Waals surface area contributed by atoms with Gasteiger partial charge >= 0.3 is 0 Å². The average molecular weight is 325 g/mol. The number of amides is 1. The third kappa shape index (κ3) is 3.90. The molecule has 1 aromatic carbocycles. The molecule has 0 aliphatic carbocycles. The van der Waals surface area contributed by atoms with Crippen LogP contribution in [0.5, 0.6) is 0 Å². The van der Waals surface area contributed by atoms with Crippen LogP contribution in [-0.2, 0) is 4.79 Å². The molecule has 2 heterocycles. The van der Waals surface area contributed by atoms with Crippen molar-refractivity contribution in [1.29, 1.82) is 0 Å². The van der Waals surface area contributed by atoms with Crippen molar-refractivity contribution >= 4 is 11.6 Å². The van der Waals surface area contributed by atoms with Gasteiger partial charge in [-0.25, -0.2) is 5.43 Å². The van der Waals surface area contributed by atoms with Crippen LogP contribution in [0.25, 0.3) is 0 Å². The number of aryl methyl sites for hydroxylation is 1. The van der Waals surface area contributed by atoms with Crippen molar-refractivity contribution in [3.8, 4) is 0 Å². The van der Waals surface area contributed by atoms with E-state index in [2.05, 4.69) is 26.5 Å². The monoisotopic (exact) mass is 325 g/mol. The lowest BCUT2D eigenvalue weighted by molar-refractivity contribution is -0.124. The Morgan fingerprint density at radius 2 is 2.08 bits per heavy atom. The fourth-order valence-corrected chi connectivity index (χ4v) is 2.90. The van der Waals surface area contributed by atoms with Gasteiger partial charge in [0.25, 0.3) is 0 Å². The number of rotatable bonds is 6. The van der Waals surface area contributed by atoms with Crippen LogP contribution in [0.1, 0.15) is 17.2 Å². The van der Waals surface area contributed by atoms with E-state index < -0.39 is 0 Å². The molecule has 4 N–H and O–H groups in total. The Morgan fingerprint density at radius 3 is 2.88 bits per heavy atom. The van der Waals surface area contributed by atoms with Crippen molar-refractivity contribution in [1.82, 2.24) is 21.2 Å². The van der Waals surface area contributed by atoms with Gasteiger partial charge in [0.15, 0.2) is 0 Å². The first kappa shape index (κ1) is 16.4. The Morgan fingerprint density at radius 1 is 1.25 bits per heavy atom. The second-order valence-corrected chi connectivity index (χ2v) is 5.93. The van der Waals surface area contributed by atoms with Crippen LogP contribution >= 0.6 is 0 Å². The minimum Gasteiger partial charge on any atom is -0.383 e. The van der Waals surface area contributed by atoms with Crippen LogP contribution in [0.4, 0.5) is 5.69 Å². The van der Waals surface area contributed by atoms with Crippen LogP contribution < -0.4 is 21.5 Å². The molecule has 0 saturated carbocycles.